The Bertz CT molecular complexity index is 590. The third kappa shape index (κ3) is 3.83. The number of ether oxygens (including phenoxy) is 1. The third-order valence-electron chi connectivity index (χ3n) is 2.44. The van der Waals surface area contributed by atoms with E-state index in [0.717, 1.165) is 0 Å². The molecule has 5 nitrogen and oxygen atoms in total. The molecule has 104 valence electrons. The van der Waals surface area contributed by atoms with Crippen LogP contribution in [0.4, 0.5) is 8.78 Å². The summed E-state index contributed by atoms with van der Waals surface area (Å²) in [7, 11) is 0. The minimum Gasteiger partial charge on any atom is -0.375 e. The molecule has 0 bridgehead atoms. The fraction of sp³-hybridized carbons (Fsp3) is 0.308. The Balaban J connectivity index is 1.93. The van der Waals surface area contributed by atoms with E-state index in [4.69, 9.17) is 14.5 Å². The molecule has 0 unspecified atom stereocenters. The molecule has 0 aliphatic heterocycles. The second-order valence-corrected chi connectivity index (χ2v) is 3.92. The van der Waals surface area contributed by atoms with E-state index in [-0.39, 0.29) is 6.61 Å². The van der Waals surface area contributed by atoms with Gasteiger partial charge in [-0.15, -0.1) is 0 Å². The number of hydrogen-bond acceptors (Lipinski definition) is 5. The Morgan fingerprint density at radius 2 is 2.05 bits per heavy atom. The molecule has 0 N–H and O–H groups in total. The van der Waals surface area contributed by atoms with Gasteiger partial charge in [0.2, 0.25) is 0 Å². The Kier molecular flexibility index (Phi) is 4.74. The molecule has 0 aliphatic rings. The van der Waals surface area contributed by atoms with Gasteiger partial charge in [0.25, 0.3) is 12.3 Å². The summed E-state index contributed by atoms with van der Waals surface area (Å²) in [4.78, 5) is 4.12. The lowest BCUT2D eigenvalue weighted by Crippen LogP contribution is -2.07. The van der Waals surface area contributed by atoms with Gasteiger partial charge in [-0.05, 0) is 24.3 Å². The molecule has 7 heteroatoms. The molecule has 0 atom stereocenters. The van der Waals surface area contributed by atoms with Crippen LogP contribution >= 0.6 is 0 Å². The molecule has 0 amide bonds. The molecule has 1 heterocycles. The summed E-state index contributed by atoms with van der Waals surface area (Å²) < 4.78 is 33.5. The Labute approximate surface area is 113 Å². The molecular formula is C13H11F2N3O2. The van der Waals surface area contributed by atoms with Crippen LogP contribution in [-0.4, -0.2) is 29.8 Å². The zero-order chi connectivity index (χ0) is 14.4. The fourth-order valence-corrected chi connectivity index (χ4v) is 1.50. The summed E-state index contributed by atoms with van der Waals surface area (Å²) in [6.07, 6.45) is -2.18. The van der Waals surface area contributed by atoms with E-state index in [0.29, 0.717) is 29.3 Å². The van der Waals surface area contributed by atoms with Gasteiger partial charge >= 0.3 is 0 Å². The molecule has 0 spiro atoms. The van der Waals surface area contributed by atoms with Gasteiger partial charge in [-0.25, -0.2) is 8.78 Å². The highest BCUT2D eigenvalue weighted by atomic mass is 19.3. The summed E-state index contributed by atoms with van der Waals surface area (Å²) in [6.45, 7) is -0.489. The van der Waals surface area contributed by atoms with E-state index in [9.17, 15) is 8.78 Å². The van der Waals surface area contributed by atoms with Crippen molar-refractivity contribution in [3.63, 3.8) is 0 Å². The number of benzene rings is 1. The molecule has 0 saturated heterocycles. The topological polar surface area (TPSA) is 71.9 Å². The van der Waals surface area contributed by atoms with Crippen LogP contribution in [0, 0.1) is 11.3 Å². The Morgan fingerprint density at radius 3 is 2.70 bits per heavy atom. The van der Waals surface area contributed by atoms with Crippen molar-refractivity contribution in [3.05, 3.63) is 35.7 Å². The van der Waals surface area contributed by atoms with Crippen LogP contribution in [0.1, 0.15) is 11.4 Å². The van der Waals surface area contributed by atoms with Crippen molar-refractivity contribution in [3.8, 4) is 17.5 Å². The molecule has 1 aromatic carbocycles. The molecule has 1 aromatic heterocycles. The summed E-state index contributed by atoms with van der Waals surface area (Å²) in [5, 5.41) is 12.4. The monoisotopic (exact) mass is 279 g/mol. The lowest BCUT2D eigenvalue weighted by atomic mass is 10.1. The highest BCUT2D eigenvalue weighted by molar-refractivity contribution is 5.54. The summed E-state index contributed by atoms with van der Waals surface area (Å²) in [6, 6.07) is 8.69. The molecule has 2 rings (SSSR count). The first-order chi connectivity index (χ1) is 9.69. The molecule has 0 radical (unpaired) electrons. The average molecular weight is 279 g/mol. The lowest BCUT2D eigenvalue weighted by Gasteiger charge is -1.99. The minimum atomic E-state index is -2.48. The number of nitrogens with zero attached hydrogens (tertiary/aromatic N) is 3. The summed E-state index contributed by atoms with van der Waals surface area (Å²) in [5.41, 5.74) is 1.23. The first kappa shape index (κ1) is 14.1. The largest absolute Gasteiger partial charge is 0.375 e. The van der Waals surface area contributed by atoms with Gasteiger partial charge in [-0.3, -0.25) is 0 Å². The standard InChI is InChI=1S/C13H11F2N3O2/c14-11(15)8-19-6-5-12-17-13(20-18-12)10-3-1-9(7-16)2-4-10/h1-4,11H,5-6,8H2. The third-order valence-corrected chi connectivity index (χ3v) is 2.44. The number of nitriles is 1. The van der Waals surface area contributed by atoms with Crippen molar-refractivity contribution in [1.29, 1.82) is 5.26 Å². The van der Waals surface area contributed by atoms with E-state index in [1.54, 1.807) is 24.3 Å². The summed E-state index contributed by atoms with van der Waals surface area (Å²) >= 11 is 0. The van der Waals surface area contributed by atoms with Crippen LogP contribution in [0.25, 0.3) is 11.5 Å². The Hall–Kier alpha value is -2.33. The Morgan fingerprint density at radius 1 is 1.30 bits per heavy atom. The van der Waals surface area contributed by atoms with Gasteiger partial charge in [-0.2, -0.15) is 10.2 Å². The molecule has 20 heavy (non-hydrogen) atoms. The van der Waals surface area contributed by atoms with Crippen molar-refractivity contribution in [1.82, 2.24) is 10.1 Å². The maximum atomic E-state index is 11.9. The van der Waals surface area contributed by atoms with Gasteiger partial charge < -0.3 is 9.26 Å². The normalized spacial score (nSPS) is 10.7. The van der Waals surface area contributed by atoms with Gasteiger partial charge in [-0.1, -0.05) is 5.16 Å². The second kappa shape index (κ2) is 6.73. The maximum Gasteiger partial charge on any atom is 0.261 e. The van der Waals surface area contributed by atoms with E-state index in [2.05, 4.69) is 10.1 Å². The average Bonchev–Trinajstić information content (AvgIpc) is 2.92. The van der Waals surface area contributed by atoms with Crippen molar-refractivity contribution >= 4 is 0 Å². The van der Waals surface area contributed by atoms with Crippen LogP contribution in [-0.2, 0) is 11.2 Å². The van der Waals surface area contributed by atoms with E-state index >= 15 is 0 Å². The summed E-state index contributed by atoms with van der Waals surface area (Å²) in [5.74, 6) is 0.706. The highest BCUT2D eigenvalue weighted by Gasteiger charge is 2.09. The van der Waals surface area contributed by atoms with Crippen molar-refractivity contribution in [2.45, 2.75) is 12.8 Å². The van der Waals surface area contributed by atoms with Crippen LogP contribution in [0.5, 0.6) is 0 Å². The number of aromatic nitrogens is 2. The lowest BCUT2D eigenvalue weighted by molar-refractivity contribution is 0.0182. The van der Waals surface area contributed by atoms with Gasteiger partial charge in [0.05, 0.1) is 18.2 Å². The number of rotatable bonds is 6. The highest BCUT2D eigenvalue weighted by Crippen LogP contribution is 2.17. The quantitative estimate of drug-likeness (QED) is 0.759. The minimum absolute atomic E-state index is 0.108. The van der Waals surface area contributed by atoms with Crippen LogP contribution in [0.2, 0.25) is 0 Å². The van der Waals surface area contributed by atoms with Crippen molar-refractivity contribution < 1.29 is 18.0 Å². The number of hydrogen-bond donors (Lipinski definition) is 0. The van der Waals surface area contributed by atoms with Crippen LogP contribution in [0.3, 0.4) is 0 Å². The molecule has 2 aromatic rings. The first-order valence-electron chi connectivity index (χ1n) is 5.88. The maximum absolute atomic E-state index is 11.9. The predicted molar refractivity (Wildman–Crippen MR) is 65.0 cm³/mol. The molecule has 0 fully saturated rings. The smallest absolute Gasteiger partial charge is 0.261 e. The molecule has 0 saturated carbocycles. The number of halogens is 2. The predicted octanol–water partition coefficient (Wildman–Crippen LogP) is 2.43. The number of alkyl halides is 2. The second-order valence-electron chi connectivity index (χ2n) is 3.92. The molecular weight excluding hydrogens is 268 g/mol. The van der Waals surface area contributed by atoms with E-state index < -0.39 is 13.0 Å². The SMILES string of the molecule is N#Cc1ccc(-c2nc(CCOCC(F)F)no2)cc1. The van der Waals surface area contributed by atoms with E-state index in [1.165, 1.54) is 0 Å². The fourth-order valence-electron chi connectivity index (χ4n) is 1.50. The zero-order valence-electron chi connectivity index (χ0n) is 10.4. The van der Waals surface area contributed by atoms with Crippen LogP contribution in [0.15, 0.2) is 28.8 Å². The van der Waals surface area contributed by atoms with Gasteiger partial charge in [0.15, 0.2) is 5.82 Å². The van der Waals surface area contributed by atoms with Gasteiger partial charge in [0, 0.05) is 12.0 Å². The first-order valence-corrected chi connectivity index (χ1v) is 5.88. The van der Waals surface area contributed by atoms with Gasteiger partial charge in [0.1, 0.15) is 6.61 Å². The van der Waals surface area contributed by atoms with E-state index in [1.807, 2.05) is 6.07 Å². The van der Waals surface area contributed by atoms with Crippen LogP contribution < -0.4 is 0 Å². The van der Waals surface area contributed by atoms with Crippen molar-refractivity contribution in [2.75, 3.05) is 13.2 Å². The van der Waals surface area contributed by atoms with Crippen molar-refractivity contribution in [2.24, 2.45) is 0 Å². The molecule has 0 aliphatic carbocycles. The zero-order valence-corrected chi connectivity index (χ0v) is 10.4.